The number of hydrogen-bond donors (Lipinski definition) is 3. The van der Waals surface area contributed by atoms with Gasteiger partial charge in [0.15, 0.2) is 0 Å². The molecule has 2 saturated heterocycles. The van der Waals surface area contributed by atoms with Gasteiger partial charge in [0, 0.05) is 37.7 Å². The van der Waals surface area contributed by atoms with Crippen LogP contribution in [0.3, 0.4) is 0 Å². The van der Waals surface area contributed by atoms with E-state index in [1.807, 2.05) is 24.3 Å². The molecular weight excluding hydrogens is 320 g/mol. The Morgan fingerprint density at radius 1 is 1.40 bits per heavy atom. The zero-order valence-electron chi connectivity index (χ0n) is 14.6. The number of likely N-dealkylation sites (tertiary alicyclic amines) is 1. The minimum atomic E-state index is -0.0338. The zero-order chi connectivity index (χ0) is 17.6. The van der Waals surface area contributed by atoms with Gasteiger partial charge >= 0.3 is 0 Å². The van der Waals surface area contributed by atoms with Crippen LogP contribution in [0.1, 0.15) is 24.8 Å². The summed E-state index contributed by atoms with van der Waals surface area (Å²) >= 11 is 0. The SMILES string of the molecule is COc1ccccc1CNC(=O)C1CCCN(C2CNNC(=O)C2)C1. The van der Waals surface area contributed by atoms with Gasteiger partial charge in [0.2, 0.25) is 11.8 Å². The summed E-state index contributed by atoms with van der Waals surface area (Å²) in [6.45, 7) is 2.83. The maximum Gasteiger partial charge on any atom is 0.235 e. The summed E-state index contributed by atoms with van der Waals surface area (Å²) in [6.07, 6.45) is 2.36. The molecule has 1 aromatic carbocycles. The van der Waals surface area contributed by atoms with Gasteiger partial charge in [0.1, 0.15) is 5.75 Å². The van der Waals surface area contributed by atoms with Gasteiger partial charge in [0.05, 0.1) is 13.0 Å². The fourth-order valence-corrected chi connectivity index (χ4v) is 3.59. The molecule has 0 saturated carbocycles. The van der Waals surface area contributed by atoms with E-state index in [2.05, 4.69) is 21.1 Å². The molecular formula is C18H26N4O3. The molecule has 2 unspecified atom stereocenters. The molecule has 0 radical (unpaired) electrons. The molecule has 0 aliphatic carbocycles. The van der Waals surface area contributed by atoms with E-state index >= 15 is 0 Å². The first-order chi connectivity index (χ1) is 12.2. The summed E-state index contributed by atoms with van der Waals surface area (Å²) in [5.74, 6) is 0.837. The van der Waals surface area contributed by atoms with Crippen molar-refractivity contribution in [2.24, 2.45) is 5.92 Å². The largest absolute Gasteiger partial charge is 0.496 e. The van der Waals surface area contributed by atoms with E-state index < -0.39 is 0 Å². The van der Waals surface area contributed by atoms with Crippen LogP contribution in [0.4, 0.5) is 0 Å². The van der Waals surface area contributed by atoms with Gasteiger partial charge < -0.3 is 10.1 Å². The van der Waals surface area contributed by atoms with Crippen molar-refractivity contribution in [2.75, 3.05) is 26.7 Å². The Kier molecular flexibility index (Phi) is 5.88. The Hall–Kier alpha value is -2.12. The van der Waals surface area contributed by atoms with Gasteiger partial charge in [-0.25, -0.2) is 5.43 Å². The second-order valence-corrected chi connectivity index (χ2v) is 6.65. The maximum absolute atomic E-state index is 12.6. The number of benzene rings is 1. The highest BCUT2D eigenvalue weighted by Crippen LogP contribution is 2.21. The first-order valence-electron chi connectivity index (χ1n) is 8.82. The Morgan fingerprint density at radius 2 is 2.24 bits per heavy atom. The van der Waals surface area contributed by atoms with Crippen molar-refractivity contribution < 1.29 is 14.3 Å². The van der Waals surface area contributed by atoms with Gasteiger partial charge in [-0.2, -0.15) is 0 Å². The van der Waals surface area contributed by atoms with Crippen molar-refractivity contribution in [3.63, 3.8) is 0 Å². The quantitative estimate of drug-likeness (QED) is 0.720. The highest BCUT2D eigenvalue weighted by Gasteiger charge is 2.32. The average molecular weight is 346 g/mol. The van der Waals surface area contributed by atoms with Gasteiger partial charge in [0.25, 0.3) is 0 Å². The van der Waals surface area contributed by atoms with E-state index in [0.29, 0.717) is 19.5 Å². The molecule has 2 aliphatic rings. The molecule has 2 amide bonds. The molecule has 1 aromatic rings. The van der Waals surface area contributed by atoms with Crippen molar-refractivity contribution in [1.82, 2.24) is 21.1 Å². The molecule has 2 fully saturated rings. The Morgan fingerprint density at radius 3 is 3.04 bits per heavy atom. The molecule has 7 heteroatoms. The average Bonchev–Trinajstić information content (AvgIpc) is 2.66. The monoisotopic (exact) mass is 346 g/mol. The summed E-state index contributed by atoms with van der Waals surface area (Å²) in [5.41, 5.74) is 6.53. The summed E-state index contributed by atoms with van der Waals surface area (Å²) in [4.78, 5) is 26.4. The predicted molar refractivity (Wildman–Crippen MR) is 93.7 cm³/mol. The molecule has 0 aromatic heterocycles. The number of ether oxygens (including phenoxy) is 1. The van der Waals surface area contributed by atoms with Crippen molar-refractivity contribution in [3.05, 3.63) is 29.8 Å². The molecule has 2 aliphatic heterocycles. The number of nitrogens with one attached hydrogen (secondary N) is 3. The minimum absolute atomic E-state index is 0.0130. The second-order valence-electron chi connectivity index (χ2n) is 6.65. The lowest BCUT2D eigenvalue weighted by Gasteiger charge is -2.39. The molecule has 3 rings (SSSR count). The van der Waals surface area contributed by atoms with Crippen molar-refractivity contribution in [1.29, 1.82) is 0 Å². The fourth-order valence-electron chi connectivity index (χ4n) is 3.59. The maximum atomic E-state index is 12.6. The van der Waals surface area contributed by atoms with Gasteiger partial charge in [-0.3, -0.25) is 19.9 Å². The molecule has 2 heterocycles. The standard InChI is InChI=1S/C18H26N4O3/c1-25-16-7-3-2-5-13(16)10-19-18(24)14-6-4-8-22(12-14)15-9-17(23)21-20-11-15/h2-3,5,7,14-15,20H,4,6,8-12H2,1H3,(H,19,24)(H,21,23). The Labute approximate surface area is 148 Å². The Bertz CT molecular complexity index is 622. The number of hydrogen-bond acceptors (Lipinski definition) is 5. The lowest BCUT2D eigenvalue weighted by atomic mass is 9.94. The number of amides is 2. The zero-order valence-corrected chi connectivity index (χ0v) is 14.6. The molecule has 7 nitrogen and oxygen atoms in total. The van der Waals surface area contributed by atoms with Crippen LogP contribution in [-0.2, 0) is 16.1 Å². The number of nitrogens with zero attached hydrogens (tertiary/aromatic N) is 1. The predicted octanol–water partition coefficient (Wildman–Crippen LogP) is 0.417. The van der Waals surface area contributed by atoms with E-state index in [-0.39, 0.29) is 23.8 Å². The summed E-state index contributed by atoms with van der Waals surface area (Å²) in [7, 11) is 1.63. The highest BCUT2D eigenvalue weighted by atomic mass is 16.5. The third kappa shape index (κ3) is 4.49. The minimum Gasteiger partial charge on any atom is -0.496 e. The lowest BCUT2D eigenvalue weighted by Crippen LogP contribution is -2.57. The summed E-state index contributed by atoms with van der Waals surface area (Å²) in [6, 6.07) is 7.87. The number of rotatable bonds is 5. The molecule has 2 atom stereocenters. The number of para-hydroxylation sites is 1. The summed E-state index contributed by atoms with van der Waals surface area (Å²) < 4.78 is 5.33. The van der Waals surface area contributed by atoms with Crippen LogP contribution in [0.2, 0.25) is 0 Å². The van der Waals surface area contributed by atoms with Crippen LogP contribution in [0, 0.1) is 5.92 Å². The van der Waals surface area contributed by atoms with Crippen molar-refractivity contribution in [3.8, 4) is 5.75 Å². The molecule has 3 N–H and O–H groups in total. The summed E-state index contributed by atoms with van der Waals surface area (Å²) in [5, 5.41) is 3.04. The van der Waals surface area contributed by atoms with Crippen molar-refractivity contribution in [2.45, 2.75) is 31.8 Å². The van der Waals surface area contributed by atoms with E-state index in [9.17, 15) is 9.59 Å². The smallest absolute Gasteiger partial charge is 0.235 e. The first kappa shape index (κ1) is 17.7. The third-order valence-corrected chi connectivity index (χ3v) is 4.97. The normalized spacial score (nSPS) is 24.4. The first-order valence-corrected chi connectivity index (χ1v) is 8.82. The van der Waals surface area contributed by atoms with Crippen LogP contribution in [0.15, 0.2) is 24.3 Å². The van der Waals surface area contributed by atoms with E-state index in [4.69, 9.17) is 4.74 Å². The molecule has 0 spiro atoms. The van der Waals surface area contributed by atoms with Crippen LogP contribution in [-0.4, -0.2) is 49.5 Å². The Balaban J connectivity index is 1.54. The van der Waals surface area contributed by atoms with E-state index in [0.717, 1.165) is 37.2 Å². The van der Waals surface area contributed by atoms with Crippen molar-refractivity contribution >= 4 is 11.8 Å². The number of piperidine rings is 1. The number of hydrazine groups is 1. The van der Waals surface area contributed by atoms with Gasteiger partial charge in [-0.15, -0.1) is 0 Å². The van der Waals surface area contributed by atoms with Crippen LogP contribution in [0.25, 0.3) is 0 Å². The van der Waals surface area contributed by atoms with Gasteiger partial charge in [-0.05, 0) is 25.5 Å². The van der Waals surface area contributed by atoms with Gasteiger partial charge in [-0.1, -0.05) is 18.2 Å². The van der Waals surface area contributed by atoms with Crippen LogP contribution in [0.5, 0.6) is 5.75 Å². The number of methoxy groups -OCH3 is 1. The third-order valence-electron chi connectivity index (χ3n) is 4.97. The van der Waals surface area contributed by atoms with Crippen LogP contribution < -0.4 is 20.9 Å². The number of carbonyl (C=O) groups excluding carboxylic acids is 2. The molecule has 0 bridgehead atoms. The second kappa shape index (κ2) is 8.31. The molecule has 136 valence electrons. The highest BCUT2D eigenvalue weighted by molar-refractivity contribution is 5.79. The number of carbonyl (C=O) groups is 2. The topological polar surface area (TPSA) is 82.7 Å². The molecule has 25 heavy (non-hydrogen) atoms. The van der Waals surface area contributed by atoms with Crippen LogP contribution >= 0.6 is 0 Å². The fraction of sp³-hybridized carbons (Fsp3) is 0.556. The van der Waals surface area contributed by atoms with E-state index in [1.54, 1.807) is 7.11 Å². The lowest BCUT2D eigenvalue weighted by molar-refractivity contribution is -0.128. The van der Waals surface area contributed by atoms with E-state index in [1.165, 1.54) is 0 Å².